The molecule has 0 radical (unpaired) electrons. The molecule has 3 rings (SSSR count). The van der Waals surface area contributed by atoms with E-state index < -0.39 is 0 Å². The molecule has 0 aliphatic carbocycles. The van der Waals surface area contributed by atoms with Crippen LogP contribution in [0, 0.1) is 0 Å². The van der Waals surface area contributed by atoms with Gasteiger partial charge in [-0.1, -0.05) is 44.2 Å². The Morgan fingerprint density at radius 1 is 1.00 bits per heavy atom. The molecule has 0 spiro atoms. The molecular weight excluding hydrogens is 374 g/mol. The van der Waals surface area contributed by atoms with E-state index in [1.165, 1.54) is 16.9 Å². The van der Waals surface area contributed by atoms with Crippen LogP contribution in [-0.2, 0) is 12.0 Å². The first-order valence-electron chi connectivity index (χ1n) is 8.86. The van der Waals surface area contributed by atoms with Gasteiger partial charge in [-0.15, -0.1) is 10.2 Å². The minimum absolute atomic E-state index is 0.106. The van der Waals surface area contributed by atoms with E-state index >= 15 is 0 Å². The molecule has 0 fully saturated rings. The van der Waals surface area contributed by atoms with E-state index in [0.29, 0.717) is 28.1 Å². The van der Waals surface area contributed by atoms with Gasteiger partial charge in [0.2, 0.25) is 5.13 Å². The number of nitrogens with zero attached hydrogens (tertiary/aromatic N) is 2. The number of hydrogen-bond acceptors (Lipinski definition) is 6. The van der Waals surface area contributed by atoms with Gasteiger partial charge in [-0.3, -0.25) is 10.1 Å². The normalized spacial score (nSPS) is 11.1. The summed E-state index contributed by atoms with van der Waals surface area (Å²) in [5.74, 6) is 1.22. The van der Waals surface area contributed by atoms with E-state index in [9.17, 15) is 4.79 Å². The van der Waals surface area contributed by atoms with Gasteiger partial charge in [0.15, 0.2) is 5.01 Å². The first-order chi connectivity index (χ1) is 13.3. The predicted molar refractivity (Wildman–Crippen MR) is 110 cm³/mol. The monoisotopic (exact) mass is 397 g/mol. The van der Waals surface area contributed by atoms with Crippen LogP contribution in [0.3, 0.4) is 0 Å². The van der Waals surface area contributed by atoms with Crippen molar-refractivity contribution in [3.05, 3.63) is 64.7 Å². The second kappa shape index (κ2) is 8.39. The molecule has 2 aromatic carbocycles. The van der Waals surface area contributed by atoms with Crippen LogP contribution in [0.2, 0.25) is 0 Å². The summed E-state index contributed by atoms with van der Waals surface area (Å²) in [7, 11) is 1.58. The minimum Gasteiger partial charge on any atom is -0.497 e. The third kappa shape index (κ3) is 5.07. The number of hydrogen-bond donors (Lipinski definition) is 1. The van der Waals surface area contributed by atoms with Gasteiger partial charge in [0, 0.05) is 5.56 Å². The van der Waals surface area contributed by atoms with Crippen LogP contribution in [0.15, 0.2) is 48.5 Å². The number of amides is 1. The van der Waals surface area contributed by atoms with Gasteiger partial charge >= 0.3 is 0 Å². The molecule has 6 nitrogen and oxygen atoms in total. The first kappa shape index (κ1) is 19.8. The predicted octanol–water partition coefficient (Wildman–Crippen LogP) is 4.68. The Morgan fingerprint density at radius 2 is 1.64 bits per heavy atom. The van der Waals surface area contributed by atoms with Crippen molar-refractivity contribution < 1.29 is 14.3 Å². The average molecular weight is 398 g/mol. The lowest BCUT2D eigenvalue weighted by Crippen LogP contribution is -2.11. The Morgan fingerprint density at radius 3 is 2.25 bits per heavy atom. The summed E-state index contributed by atoms with van der Waals surface area (Å²) < 4.78 is 10.9. The highest BCUT2D eigenvalue weighted by Crippen LogP contribution is 2.25. The summed E-state index contributed by atoms with van der Waals surface area (Å²) in [5.41, 5.74) is 1.88. The molecule has 1 amide bonds. The number of nitrogens with one attached hydrogen (secondary N) is 1. The quantitative estimate of drug-likeness (QED) is 0.654. The van der Waals surface area contributed by atoms with Gasteiger partial charge in [0.25, 0.3) is 5.91 Å². The zero-order valence-electron chi connectivity index (χ0n) is 16.4. The highest BCUT2D eigenvalue weighted by molar-refractivity contribution is 7.15. The van der Waals surface area contributed by atoms with E-state index in [2.05, 4.69) is 48.4 Å². The van der Waals surface area contributed by atoms with E-state index in [4.69, 9.17) is 9.47 Å². The van der Waals surface area contributed by atoms with Crippen molar-refractivity contribution in [1.82, 2.24) is 10.2 Å². The smallest absolute Gasteiger partial charge is 0.257 e. The average Bonchev–Trinajstić information content (AvgIpc) is 3.13. The van der Waals surface area contributed by atoms with Crippen molar-refractivity contribution in [2.24, 2.45) is 0 Å². The zero-order chi connectivity index (χ0) is 20.1. The third-order valence-corrected chi connectivity index (χ3v) is 4.93. The lowest BCUT2D eigenvalue weighted by Gasteiger charge is -2.19. The molecule has 1 aromatic heterocycles. The highest BCUT2D eigenvalue weighted by Gasteiger charge is 2.14. The number of rotatable bonds is 6. The van der Waals surface area contributed by atoms with Gasteiger partial charge in [-0.05, 0) is 47.4 Å². The summed E-state index contributed by atoms with van der Waals surface area (Å²) in [4.78, 5) is 12.3. The molecule has 146 valence electrons. The highest BCUT2D eigenvalue weighted by atomic mass is 32.1. The van der Waals surface area contributed by atoms with Crippen LogP contribution in [0.5, 0.6) is 11.5 Å². The number of anilines is 1. The van der Waals surface area contributed by atoms with Crippen LogP contribution in [0.4, 0.5) is 5.13 Å². The maximum atomic E-state index is 12.3. The molecule has 7 heteroatoms. The Labute approximate surface area is 168 Å². The van der Waals surface area contributed by atoms with Crippen LogP contribution < -0.4 is 14.8 Å². The Hall–Kier alpha value is -2.93. The largest absolute Gasteiger partial charge is 0.497 e. The number of ether oxygens (including phenoxy) is 2. The second-order valence-corrected chi connectivity index (χ2v) is 8.31. The summed E-state index contributed by atoms with van der Waals surface area (Å²) >= 11 is 1.29. The van der Waals surface area contributed by atoms with Crippen molar-refractivity contribution in [3.8, 4) is 11.5 Å². The van der Waals surface area contributed by atoms with Gasteiger partial charge in [-0.2, -0.15) is 0 Å². The maximum Gasteiger partial charge on any atom is 0.257 e. The van der Waals surface area contributed by atoms with Crippen LogP contribution in [0.25, 0.3) is 0 Å². The van der Waals surface area contributed by atoms with E-state index in [1.807, 2.05) is 12.1 Å². The Balaban J connectivity index is 1.55. The topological polar surface area (TPSA) is 73.3 Å². The lowest BCUT2D eigenvalue weighted by atomic mass is 9.87. The Bertz CT molecular complexity index is 929. The van der Waals surface area contributed by atoms with Crippen molar-refractivity contribution in [3.63, 3.8) is 0 Å². The summed E-state index contributed by atoms with van der Waals surface area (Å²) in [6.07, 6.45) is 0. The minimum atomic E-state index is -0.246. The molecular formula is C21H23N3O3S. The lowest BCUT2D eigenvalue weighted by molar-refractivity contribution is 0.102. The molecule has 0 atom stereocenters. The first-order valence-corrected chi connectivity index (χ1v) is 9.68. The fourth-order valence-corrected chi connectivity index (χ4v) is 3.12. The van der Waals surface area contributed by atoms with Gasteiger partial charge < -0.3 is 9.47 Å². The molecule has 0 bridgehead atoms. The van der Waals surface area contributed by atoms with Gasteiger partial charge in [0.05, 0.1) is 7.11 Å². The Kier molecular flexibility index (Phi) is 5.94. The number of benzene rings is 2. The number of aromatic nitrogens is 2. The van der Waals surface area contributed by atoms with Crippen molar-refractivity contribution in [1.29, 1.82) is 0 Å². The molecule has 3 aromatic rings. The summed E-state index contributed by atoms with van der Waals surface area (Å²) in [6, 6.07) is 14.9. The van der Waals surface area contributed by atoms with Crippen LogP contribution >= 0.6 is 11.3 Å². The molecule has 1 N–H and O–H groups in total. The maximum absolute atomic E-state index is 12.3. The molecule has 0 unspecified atom stereocenters. The third-order valence-electron chi connectivity index (χ3n) is 4.12. The van der Waals surface area contributed by atoms with Crippen LogP contribution in [-0.4, -0.2) is 23.2 Å². The summed E-state index contributed by atoms with van der Waals surface area (Å²) in [5, 5.41) is 11.9. The molecule has 0 saturated carbocycles. The fraction of sp³-hybridized carbons (Fsp3) is 0.286. The molecule has 1 heterocycles. The van der Waals surface area contributed by atoms with E-state index in [0.717, 1.165) is 5.75 Å². The van der Waals surface area contributed by atoms with Crippen molar-refractivity contribution in [2.75, 3.05) is 12.4 Å². The molecule has 28 heavy (non-hydrogen) atoms. The summed E-state index contributed by atoms with van der Waals surface area (Å²) in [6.45, 7) is 6.81. The SMILES string of the molecule is COc1ccc(C(=O)Nc2nnc(COc3ccc(C(C)(C)C)cc3)s2)cc1. The second-order valence-electron chi connectivity index (χ2n) is 7.25. The number of carbonyl (C=O) groups is 1. The van der Waals surface area contributed by atoms with Crippen molar-refractivity contribution >= 4 is 22.4 Å². The van der Waals surface area contributed by atoms with Crippen LogP contribution in [0.1, 0.15) is 41.7 Å². The number of carbonyl (C=O) groups excluding carboxylic acids is 1. The van der Waals surface area contributed by atoms with Crippen molar-refractivity contribution in [2.45, 2.75) is 32.8 Å². The fourth-order valence-electron chi connectivity index (χ4n) is 2.47. The standard InChI is InChI=1S/C21H23N3O3S/c1-21(2,3)15-7-11-17(12-8-15)27-13-18-23-24-20(28-18)22-19(25)14-5-9-16(26-4)10-6-14/h5-12H,13H2,1-4H3,(H,22,24,25). The van der Waals surface area contributed by atoms with E-state index in [1.54, 1.807) is 31.4 Å². The van der Waals surface area contributed by atoms with Gasteiger partial charge in [-0.25, -0.2) is 0 Å². The molecule has 0 saturated heterocycles. The van der Waals surface area contributed by atoms with Gasteiger partial charge in [0.1, 0.15) is 18.1 Å². The van der Waals surface area contributed by atoms with E-state index in [-0.39, 0.29) is 11.3 Å². The number of methoxy groups -OCH3 is 1. The molecule has 0 aliphatic heterocycles. The zero-order valence-corrected chi connectivity index (χ0v) is 17.2. The molecule has 0 aliphatic rings.